The lowest BCUT2D eigenvalue weighted by Crippen LogP contribution is -2.10. The average molecular weight is 416 g/mol. The molecule has 5 aromatic rings. The lowest BCUT2D eigenvalue weighted by atomic mass is 10.0. The van der Waals surface area contributed by atoms with Crippen LogP contribution in [0.2, 0.25) is 0 Å². The number of pyridine rings is 2. The van der Waals surface area contributed by atoms with E-state index in [-0.39, 0.29) is 22.6 Å². The molecule has 8 nitrogen and oxygen atoms in total. The fourth-order valence-electron chi connectivity index (χ4n) is 4.93. The predicted octanol–water partition coefficient (Wildman–Crippen LogP) is 3.70. The number of nitrogens with zero attached hydrogens (tertiary/aromatic N) is 1. The molecule has 8 heteroatoms. The largest absolute Gasteiger partial charge is 0.453 e. The van der Waals surface area contributed by atoms with Crippen molar-refractivity contribution in [1.29, 1.82) is 0 Å². The second kappa shape index (κ2) is 6.34. The number of aryl methyl sites for hydroxylation is 1. The molecule has 0 bridgehead atoms. The van der Waals surface area contributed by atoms with Crippen LogP contribution in [0.3, 0.4) is 0 Å². The molecule has 1 aliphatic rings. The van der Waals surface area contributed by atoms with Gasteiger partial charge in [0.2, 0.25) is 0 Å². The Morgan fingerprint density at radius 1 is 1.03 bits per heavy atom. The standard InChI is InChI=1S/C23H20N4O4/c1-11-15(28)9-8-14-18-20(31-19(11)14)16(13-7-4-10-24-22(13)29)17-21(25-18)27(26-23(17)30)12-5-2-3-6-12/h4,7-10,12,25H,2-3,5-6H2,1H3,(H,24,29)(H,26,30). The number of benzene rings is 1. The average Bonchev–Trinajstić information content (AvgIpc) is 3.48. The highest BCUT2D eigenvalue weighted by Gasteiger charge is 2.27. The van der Waals surface area contributed by atoms with E-state index in [4.69, 9.17) is 4.42 Å². The lowest BCUT2D eigenvalue weighted by Gasteiger charge is -2.13. The van der Waals surface area contributed by atoms with Crippen LogP contribution in [0.5, 0.6) is 0 Å². The number of rotatable bonds is 2. The summed E-state index contributed by atoms with van der Waals surface area (Å²) in [6, 6.07) is 6.83. The molecule has 31 heavy (non-hydrogen) atoms. The summed E-state index contributed by atoms with van der Waals surface area (Å²) in [6.45, 7) is 1.72. The Hall–Kier alpha value is -3.81. The molecular formula is C23H20N4O4. The molecule has 1 aliphatic carbocycles. The van der Waals surface area contributed by atoms with E-state index in [1.165, 1.54) is 6.07 Å². The molecule has 6 rings (SSSR count). The highest BCUT2D eigenvalue weighted by Crippen LogP contribution is 2.39. The highest BCUT2D eigenvalue weighted by molar-refractivity contribution is 6.14. The van der Waals surface area contributed by atoms with Crippen LogP contribution in [0.4, 0.5) is 0 Å². The highest BCUT2D eigenvalue weighted by atomic mass is 16.3. The number of nitrogens with one attached hydrogen (secondary N) is 3. The Bertz CT molecular complexity index is 1670. The van der Waals surface area contributed by atoms with Crippen LogP contribution in [0, 0.1) is 6.92 Å². The molecule has 0 aliphatic heterocycles. The molecule has 1 aromatic carbocycles. The number of aromatic amines is 3. The van der Waals surface area contributed by atoms with Gasteiger partial charge in [-0.05, 0) is 44.0 Å². The Labute approximate surface area is 174 Å². The van der Waals surface area contributed by atoms with Gasteiger partial charge in [0.25, 0.3) is 11.1 Å². The summed E-state index contributed by atoms with van der Waals surface area (Å²) in [6.07, 6.45) is 5.74. The summed E-state index contributed by atoms with van der Waals surface area (Å²) in [5, 5.41) is 4.11. The van der Waals surface area contributed by atoms with Crippen molar-refractivity contribution >= 4 is 33.1 Å². The smallest absolute Gasteiger partial charge is 0.274 e. The van der Waals surface area contributed by atoms with E-state index >= 15 is 0 Å². The molecule has 156 valence electrons. The first kappa shape index (κ1) is 18.0. The summed E-state index contributed by atoms with van der Waals surface area (Å²) in [5.74, 6) is 0. The molecule has 0 unspecified atom stereocenters. The van der Waals surface area contributed by atoms with Crippen LogP contribution in [0.15, 0.2) is 49.3 Å². The minimum absolute atomic E-state index is 0.122. The maximum Gasteiger partial charge on any atom is 0.274 e. The molecule has 1 saturated carbocycles. The molecule has 0 amide bonds. The van der Waals surface area contributed by atoms with Gasteiger partial charge in [-0.1, -0.05) is 12.8 Å². The number of hydrogen-bond donors (Lipinski definition) is 3. The van der Waals surface area contributed by atoms with Crippen molar-refractivity contribution in [3.63, 3.8) is 0 Å². The number of H-pyrrole nitrogens is 3. The van der Waals surface area contributed by atoms with Crippen LogP contribution >= 0.6 is 0 Å². The predicted molar refractivity (Wildman–Crippen MR) is 119 cm³/mol. The van der Waals surface area contributed by atoms with Gasteiger partial charge in [0.1, 0.15) is 11.2 Å². The number of fused-ring (bicyclic) bond motifs is 4. The van der Waals surface area contributed by atoms with Crippen molar-refractivity contribution in [2.75, 3.05) is 0 Å². The Kier molecular flexibility index (Phi) is 3.68. The molecule has 0 radical (unpaired) electrons. The second-order valence-corrected chi connectivity index (χ2v) is 8.26. The van der Waals surface area contributed by atoms with Gasteiger partial charge in [0.15, 0.2) is 11.0 Å². The Balaban J connectivity index is 1.86. The summed E-state index contributed by atoms with van der Waals surface area (Å²) < 4.78 is 8.06. The molecule has 1 fully saturated rings. The molecule has 0 spiro atoms. The number of furan rings is 1. The first-order valence-electron chi connectivity index (χ1n) is 10.4. The fraction of sp³-hybridized carbons (Fsp3) is 0.261. The van der Waals surface area contributed by atoms with Crippen molar-refractivity contribution in [2.24, 2.45) is 0 Å². The third-order valence-electron chi connectivity index (χ3n) is 6.48. The van der Waals surface area contributed by atoms with E-state index in [0.717, 1.165) is 31.1 Å². The van der Waals surface area contributed by atoms with Crippen molar-refractivity contribution in [3.05, 3.63) is 67.0 Å². The van der Waals surface area contributed by atoms with Gasteiger partial charge in [-0.2, -0.15) is 0 Å². The zero-order chi connectivity index (χ0) is 21.3. The summed E-state index contributed by atoms with van der Waals surface area (Å²) in [7, 11) is 0. The fourth-order valence-corrected chi connectivity index (χ4v) is 4.93. The van der Waals surface area contributed by atoms with E-state index in [1.54, 1.807) is 31.3 Å². The van der Waals surface area contributed by atoms with Gasteiger partial charge in [-0.15, -0.1) is 0 Å². The third-order valence-corrected chi connectivity index (χ3v) is 6.48. The van der Waals surface area contributed by atoms with Gasteiger partial charge in [-0.25, -0.2) is 0 Å². The summed E-state index contributed by atoms with van der Waals surface area (Å²) >= 11 is 0. The van der Waals surface area contributed by atoms with Crippen molar-refractivity contribution in [1.82, 2.24) is 19.7 Å². The first-order chi connectivity index (χ1) is 15.0. The van der Waals surface area contributed by atoms with E-state index in [0.29, 0.717) is 44.4 Å². The van der Waals surface area contributed by atoms with E-state index in [9.17, 15) is 14.4 Å². The van der Waals surface area contributed by atoms with Crippen LogP contribution < -0.4 is 16.5 Å². The van der Waals surface area contributed by atoms with Crippen LogP contribution in [0.1, 0.15) is 37.3 Å². The van der Waals surface area contributed by atoms with E-state index in [2.05, 4.69) is 15.1 Å². The zero-order valence-electron chi connectivity index (χ0n) is 16.9. The molecule has 4 heterocycles. The van der Waals surface area contributed by atoms with Crippen LogP contribution in [-0.4, -0.2) is 19.7 Å². The molecular weight excluding hydrogens is 396 g/mol. The molecule has 3 N–H and O–H groups in total. The van der Waals surface area contributed by atoms with Crippen LogP contribution in [0.25, 0.3) is 44.2 Å². The van der Waals surface area contributed by atoms with Gasteiger partial charge >= 0.3 is 0 Å². The third kappa shape index (κ3) is 2.44. The molecule has 0 saturated heterocycles. The van der Waals surface area contributed by atoms with Crippen molar-refractivity contribution < 1.29 is 4.42 Å². The topological polar surface area (TPSA) is 117 Å². The van der Waals surface area contributed by atoms with Crippen LogP contribution in [-0.2, 0) is 0 Å². The minimum Gasteiger partial charge on any atom is -0.453 e. The SMILES string of the molecule is Cc1c(=O)ccc2c1oc1c(-c3ccc[nH]c3=O)c3c(=O)[nH]n(C4CCCC4)c3[nH]c12. The summed E-state index contributed by atoms with van der Waals surface area (Å²) in [4.78, 5) is 44.2. The summed E-state index contributed by atoms with van der Waals surface area (Å²) in [5.41, 5.74) is 2.71. The first-order valence-corrected chi connectivity index (χ1v) is 10.4. The lowest BCUT2D eigenvalue weighted by molar-refractivity contribution is 0.476. The molecule has 4 aromatic heterocycles. The Morgan fingerprint density at radius 3 is 2.61 bits per heavy atom. The van der Waals surface area contributed by atoms with Gasteiger partial charge in [0, 0.05) is 22.7 Å². The maximum absolute atomic E-state index is 13.1. The van der Waals surface area contributed by atoms with Gasteiger partial charge in [0.05, 0.1) is 22.5 Å². The van der Waals surface area contributed by atoms with Gasteiger partial charge in [-0.3, -0.25) is 24.2 Å². The minimum atomic E-state index is -0.314. The zero-order valence-corrected chi connectivity index (χ0v) is 16.9. The van der Waals surface area contributed by atoms with E-state index < -0.39 is 0 Å². The number of aromatic nitrogens is 4. The molecule has 0 atom stereocenters. The van der Waals surface area contributed by atoms with E-state index in [1.807, 2.05) is 4.68 Å². The van der Waals surface area contributed by atoms with Crippen molar-refractivity contribution in [2.45, 2.75) is 38.6 Å². The monoisotopic (exact) mass is 416 g/mol. The normalized spacial score (nSPS) is 15.0. The van der Waals surface area contributed by atoms with Gasteiger partial charge < -0.3 is 14.4 Å². The maximum atomic E-state index is 13.1. The number of hydrogen-bond acceptors (Lipinski definition) is 4. The quantitative estimate of drug-likeness (QED) is 0.407. The van der Waals surface area contributed by atoms with Crippen molar-refractivity contribution in [3.8, 4) is 11.1 Å². The second-order valence-electron chi connectivity index (χ2n) is 8.26. The Morgan fingerprint density at radius 2 is 1.84 bits per heavy atom.